The van der Waals surface area contributed by atoms with E-state index < -0.39 is 16.0 Å². The van der Waals surface area contributed by atoms with Crippen LogP contribution in [-0.2, 0) is 19.5 Å². The van der Waals surface area contributed by atoms with E-state index in [1.165, 1.54) is 24.3 Å². The molecule has 21 heavy (non-hydrogen) atoms. The lowest BCUT2D eigenvalue weighted by atomic mass is 10.2. The zero-order valence-corrected chi connectivity index (χ0v) is 13.3. The first kappa shape index (κ1) is 17.5. The lowest BCUT2D eigenvalue weighted by Gasteiger charge is -2.10. The molecule has 0 spiro atoms. The number of anilines is 1. The average Bonchev–Trinajstić information content (AvgIpc) is 2.38. The maximum absolute atomic E-state index is 11.8. The van der Waals surface area contributed by atoms with Gasteiger partial charge in [0.1, 0.15) is 0 Å². The van der Waals surface area contributed by atoms with Crippen LogP contribution in [-0.4, -0.2) is 39.5 Å². The van der Waals surface area contributed by atoms with Crippen molar-refractivity contribution in [3.63, 3.8) is 0 Å². The van der Waals surface area contributed by atoms with Crippen molar-refractivity contribution in [1.82, 2.24) is 0 Å². The van der Waals surface area contributed by atoms with E-state index in [-0.39, 0.29) is 18.5 Å². The molecule has 0 bridgehead atoms. The van der Waals surface area contributed by atoms with Gasteiger partial charge in [-0.2, -0.15) is 0 Å². The van der Waals surface area contributed by atoms with Gasteiger partial charge in [0.2, 0.25) is 10.0 Å². The lowest BCUT2D eigenvalue weighted by Crippen LogP contribution is -2.21. The van der Waals surface area contributed by atoms with Crippen molar-refractivity contribution in [2.45, 2.75) is 26.9 Å². The summed E-state index contributed by atoms with van der Waals surface area (Å²) in [6.07, 6.45) is -0.0101. The second-order valence-corrected chi connectivity index (χ2v) is 6.48. The Morgan fingerprint density at radius 1 is 1.24 bits per heavy atom. The van der Waals surface area contributed by atoms with Gasteiger partial charge in [-0.3, -0.25) is 4.72 Å². The molecule has 6 nitrogen and oxygen atoms in total. The number of carbonyl (C=O) groups is 1. The summed E-state index contributed by atoms with van der Waals surface area (Å²) in [5, 5.41) is 0. The maximum atomic E-state index is 11.8. The Morgan fingerprint density at radius 2 is 1.86 bits per heavy atom. The molecule has 118 valence electrons. The molecule has 1 aromatic carbocycles. The molecule has 0 aromatic heterocycles. The SMILES string of the molecule is CCOC(=O)c1ccc(NS(=O)(=O)CCOC(C)C)cc1. The van der Waals surface area contributed by atoms with Gasteiger partial charge in [0.25, 0.3) is 0 Å². The molecule has 0 saturated carbocycles. The first-order valence-corrected chi connectivity index (χ1v) is 8.38. The summed E-state index contributed by atoms with van der Waals surface area (Å²) in [6, 6.07) is 6.07. The Morgan fingerprint density at radius 3 is 2.38 bits per heavy atom. The quantitative estimate of drug-likeness (QED) is 0.742. The van der Waals surface area contributed by atoms with E-state index in [9.17, 15) is 13.2 Å². The molecule has 0 aliphatic carbocycles. The van der Waals surface area contributed by atoms with Crippen LogP contribution in [0, 0.1) is 0 Å². The second kappa shape index (κ2) is 7.99. The lowest BCUT2D eigenvalue weighted by molar-refractivity contribution is 0.0526. The van der Waals surface area contributed by atoms with E-state index >= 15 is 0 Å². The summed E-state index contributed by atoms with van der Waals surface area (Å²) in [6.45, 7) is 5.83. The van der Waals surface area contributed by atoms with Crippen molar-refractivity contribution in [3.05, 3.63) is 29.8 Å². The third-order valence-electron chi connectivity index (χ3n) is 2.47. The number of ether oxygens (including phenoxy) is 2. The molecule has 1 rings (SSSR count). The largest absolute Gasteiger partial charge is 0.462 e. The van der Waals surface area contributed by atoms with Gasteiger partial charge in [0.15, 0.2) is 0 Å². The van der Waals surface area contributed by atoms with Gasteiger partial charge in [-0.15, -0.1) is 0 Å². The van der Waals surface area contributed by atoms with Crippen LogP contribution < -0.4 is 4.72 Å². The van der Waals surface area contributed by atoms with Crippen LogP contribution in [0.25, 0.3) is 0 Å². The highest BCUT2D eigenvalue weighted by Crippen LogP contribution is 2.12. The fourth-order valence-electron chi connectivity index (χ4n) is 1.51. The second-order valence-electron chi connectivity index (χ2n) is 4.64. The zero-order chi connectivity index (χ0) is 15.9. The summed E-state index contributed by atoms with van der Waals surface area (Å²) in [4.78, 5) is 11.5. The fraction of sp³-hybridized carbons (Fsp3) is 0.500. The maximum Gasteiger partial charge on any atom is 0.338 e. The third kappa shape index (κ3) is 6.59. The Kier molecular flexibility index (Phi) is 6.64. The normalized spacial score (nSPS) is 11.4. The topological polar surface area (TPSA) is 81.7 Å². The van der Waals surface area contributed by atoms with Crippen molar-refractivity contribution < 1.29 is 22.7 Å². The van der Waals surface area contributed by atoms with Gasteiger partial charge in [0, 0.05) is 5.69 Å². The van der Waals surface area contributed by atoms with Crippen LogP contribution in [0.3, 0.4) is 0 Å². The first-order valence-electron chi connectivity index (χ1n) is 6.73. The number of hydrogen-bond donors (Lipinski definition) is 1. The molecule has 0 saturated heterocycles. The zero-order valence-electron chi connectivity index (χ0n) is 12.5. The smallest absolute Gasteiger partial charge is 0.338 e. The molecule has 0 aliphatic rings. The monoisotopic (exact) mass is 315 g/mol. The minimum absolute atomic E-state index is 0.0101. The molecule has 0 radical (unpaired) electrons. The molecule has 0 aliphatic heterocycles. The average molecular weight is 315 g/mol. The van der Waals surface area contributed by atoms with Crippen LogP contribution in [0.5, 0.6) is 0 Å². The molecule has 0 amide bonds. The number of rotatable bonds is 8. The summed E-state index contributed by atoms with van der Waals surface area (Å²) in [5.41, 5.74) is 0.774. The third-order valence-corrected chi connectivity index (χ3v) is 3.72. The number of sulfonamides is 1. The van der Waals surface area contributed by atoms with Crippen molar-refractivity contribution in [2.75, 3.05) is 23.7 Å². The number of nitrogens with one attached hydrogen (secondary N) is 1. The van der Waals surface area contributed by atoms with Gasteiger partial charge >= 0.3 is 5.97 Å². The van der Waals surface area contributed by atoms with Gasteiger partial charge in [-0.25, -0.2) is 13.2 Å². The van der Waals surface area contributed by atoms with E-state index in [0.717, 1.165) is 0 Å². The van der Waals surface area contributed by atoms with Gasteiger partial charge in [-0.05, 0) is 45.0 Å². The molecule has 0 heterocycles. The van der Waals surface area contributed by atoms with Crippen molar-refractivity contribution in [3.8, 4) is 0 Å². The van der Waals surface area contributed by atoms with Gasteiger partial charge in [-0.1, -0.05) is 0 Å². The Balaban J connectivity index is 2.60. The summed E-state index contributed by atoms with van der Waals surface area (Å²) in [7, 11) is -3.46. The van der Waals surface area contributed by atoms with Crippen LogP contribution in [0.1, 0.15) is 31.1 Å². The van der Waals surface area contributed by atoms with Gasteiger partial charge in [0.05, 0.1) is 30.6 Å². The molecule has 7 heteroatoms. The Hall–Kier alpha value is -1.60. The molecule has 1 aromatic rings. The Labute approximate surface area is 125 Å². The van der Waals surface area contributed by atoms with Crippen LogP contribution in [0.4, 0.5) is 5.69 Å². The number of hydrogen-bond acceptors (Lipinski definition) is 5. The van der Waals surface area contributed by atoms with E-state index in [0.29, 0.717) is 17.9 Å². The van der Waals surface area contributed by atoms with Crippen LogP contribution in [0.2, 0.25) is 0 Å². The van der Waals surface area contributed by atoms with Gasteiger partial charge < -0.3 is 9.47 Å². The molecule has 0 fully saturated rings. The highest BCUT2D eigenvalue weighted by atomic mass is 32.2. The molecular formula is C14H21NO5S. The van der Waals surface area contributed by atoms with Crippen molar-refractivity contribution >= 4 is 21.7 Å². The summed E-state index contributed by atoms with van der Waals surface area (Å²) >= 11 is 0. The van der Waals surface area contributed by atoms with Crippen LogP contribution in [0.15, 0.2) is 24.3 Å². The number of benzene rings is 1. The van der Waals surface area contributed by atoms with E-state index in [1.807, 2.05) is 13.8 Å². The highest BCUT2D eigenvalue weighted by Gasteiger charge is 2.12. The number of esters is 1. The number of carbonyl (C=O) groups excluding carboxylic acids is 1. The molecule has 0 unspecified atom stereocenters. The highest BCUT2D eigenvalue weighted by molar-refractivity contribution is 7.92. The van der Waals surface area contributed by atoms with E-state index in [4.69, 9.17) is 9.47 Å². The molecule has 1 N–H and O–H groups in total. The van der Waals surface area contributed by atoms with Crippen LogP contribution >= 0.6 is 0 Å². The van der Waals surface area contributed by atoms with Crippen molar-refractivity contribution in [1.29, 1.82) is 0 Å². The van der Waals surface area contributed by atoms with Crippen molar-refractivity contribution in [2.24, 2.45) is 0 Å². The van der Waals surface area contributed by atoms with E-state index in [1.54, 1.807) is 6.92 Å². The first-order chi connectivity index (χ1) is 9.84. The predicted octanol–water partition coefficient (Wildman–Crippen LogP) is 2.03. The predicted molar refractivity (Wildman–Crippen MR) is 80.9 cm³/mol. The minimum atomic E-state index is -3.46. The minimum Gasteiger partial charge on any atom is -0.462 e. The van der Waals surface area contributed by atoms with E-state index in [2.05, 4.69) is 4.72 Å². The summed E-state index contributed by atoms with van der Waals surface area (Å²) < 4.78 is 36.1. The fourth-order valence-corrected chi connectivity index (χ4v) is 2.43. The standard InChI is InChI=1S/C14H21NO5S/c1-4-19-14(16)12-5-7-13(8-6-12)15-21(17,18)10-9-20-11(2)3/h5-8,11,15H,4,9-10H2,1-3H3. The summed E-state index contributed by atoms with van der Waals surface area (Å²) in [5.74, 6) is -0.553. The molecule has 0 atom stereocenters. The molecular weight excluding hydrogens is 294 g/mol. The Bertz CT molecular complexity index is 551.